The van der Waals surface area contributed by atoms with Gasteiger partial charge in [-0.05, 0) is 49.6 Å². The number of thioether (sulfide) groups is 1. The molecule has 2 aromatic carbocycles. The van der Waals surface area contributed by atoms with E-state index in [-0.39, 0.29) is 11.8 Å². The third-order valence-corrected chi connectivity index (χ3v) is 9.12. The van der Waals surface area contributed by atoms with E-state index in [9.17, 15) is 13.2 Å². The highest BCUT2D eigenvalue weighted by Crippen LogP contribution is 2.25. The Morgan fingerprint density at radius 1 is 0.969 bits per heavy atom. The first-order valence-electron chi connectivity index (χ1n) is 11.2. The Bertz CT molecular complexity index is 1010. The Morgan fingerprint density at radius 3 is 2.22 bits per heavy atom. The van der Waals surface area contributed by atoms with Gasteiger partial charge < -0.3 is 10.2 Å². The van der Waals surface area contributed by atoms with Gasteiger partial charge in [-0.3, -0.25) is 4.79 Å². The Hall–Kier alpha value is -2.03. The monoisotopic (exact) mass is 473 g/mol. The third kappa shape index (κ3) is 5.47. The molecule has 2 aromatic rings. The summed E-state index contributed by atoms with van der Waals surface area (Å²) in [7, 11) is -3.50. The van der Waals surface area contributed by atoms with E-state index in [1.165, 1.54) is 21.5 Å². The third-order valence-electron chi connectivity index (χ3n) is 6.26. The lowest BCUT2D eigenvalue weighted by Crippen LogP contribution is -2.42. The Morgan fingerprint density at radius 2 is 1.59 bits per heavy atom. The smallest absolute Gasteiger partial charge is 0.243 e. The molecule has 0 aromatic heterocycles. The molecule has 2 saturated heterocycles. The fourth-order valence-electron chi connectivity index (χ4n) is 4.20. The second-order valence-corrected chi connectivity index (χ2v) is 11.6. The van der Waals surface area contributed by atoms with Crippen molar-refractivity contribution in [3.8, 4) is 0 Å². The van der Waals surface area contributed by atoms with E-state index >= 15 is 0 Å². The van der Waals surface area contributed by atoms with Crippen molar-refractivity contribution in [2.24, 2.45) is 5.92 Å². The zero-order valence-corrected chi connectivity index (χ0v) is 20.1. The number of amides is 1. The summed E-state index contributed by atoms with van der Waals surface area (Å²) in [6.45, 7) is 5.34. The quantitative estimate of drug-likeness (QED) is 0.697. The van der Waals surface area contributed by atoms with Crippen molar-refractivity contribution in [3.63, 3.8) is 0 Å². The minimum Gasteiger partial charge on any atom is -0.370 e. The largest absolute Gasteiger partial charge is 0.370 e. The van der Waals surface area contributed by atoms with Gasteiger partial charge in [0.2, 0.25) is 15.9 Å². The maximum absolute atomic E-state index is 12.8. The summed E-state index contributed by atoms with van der Waals surface area (Å²) in [5.74, 6) is 2.20. The fourth-order valence-corrected chi connectivity index (χ4v) is 6.57. The standard InChI is InChI=1S/C24H31N3O3S2/c1-19-2-8-23(9-3-19)32(29,30)27-12-10-21(11-13-27)24(28)25-18-20-4-6-22(7-5-20)26-14-16-31-17-15-26/h2-9,21H,10-18H2,1H3,(H,25,28). The van der Waals surface area contributed by atoms with Crippen LogP contribution in [0.4, 0.5) is 5.69 Å². The van der Waals surface area contributed by atoms with E-state index in [4.69, 9.17) is 0 Å². The van der Waals surface area contributed by atoms with Crippen LogP contribution in [0.2, 0.25) is 0 Å². The van der Waals surface area contributed by atoms with Gasteiger partial charge in [0.05, 0.1) is 4.90 Å². The van der Waals surface area contributed by atoms with Gasteiger partial charge in [0.25, 0.3) is 0 Å². The molecule has 1 N–H and O–H groups in total. The fraction of sp³-hybridized carbons (Fsp3) is 0.458. The van der Waals surface area contributed by atoms with Crippen LogP contribution in [0, 0.1) is 12.8 Å². The van der Waals surface area contributed by atoms with Crippen molar-refractivity contribution in [2.45, 2.75) is 31.2 Å². The summed E-state index contributed by atoms with van der Waals surface area (Å²) in [6.07, 6.45) is 1.09. The van der Waals surface area contributed by atoms with E-state index in [1.54, 1.807) is 12.1 Å². The zero-order valence-electron chi connectivity index (χ0n) is 18.5. The molecule has 0 radical (unpaired) electrons. The van der Waals surface area contributed by atoms with Crippen molar-refractivity contribution >= 4 is 33.4 Å². The molecule has 172 valence electrons. The Balaban J connectivity index is 1.26. The number of piperidine rings is 1. The summed E-state index contributed by atoms with van der Waals surface area (Å²) in [6, 6.07) is 15.3. The van der Waals surface area contributed by atoms with Crippen molar-refractivity contribution in [1.29, 1.82) is 0 Å². The van der Waals surface area contributed by atoms with E-state index in [1.807, 2.05) is 30.8 Å². The number of anilines is 1. The van der Waals surface area contributed by atoms with Crippen LogP contribution in [0.5, 0.6) is 0 Å². The molecule has 6 nitrogen and oxygen atoms in total. The van der Waals surface area contributed by atoms with Crippen LogP contribution in [-0.2, 0) is 21.4 Å². The Labute approximate surface area is 195 Å². The molecule has 2 aliphatic rings. The summed E-state index contributed by atoms with van der Waals surface area (Å²) in [5.41, 5.74) is 3.34. The van der Waals surface area contributed by atoms with E-state index in [2.05, 4.69) is 34.5 Å². The van der Waals surface area contributed by atoms with Gasteiger partial charge in [-0.25, -0.2) is 8.42 Å². The highest BCUT2D eigenvalue weighted by atomic mass is 32.2. The van der Waals surface area contributed by atoms with Crippen molar-refractivity contribution in [2.75, 3.05) is 42.6 Å². The van der Waals surface area contributed by atoms with Gasteiger partial charge in [-0.1, -0.05) is 29.8 Å². The number of aryl methyl sites for hydroxylation is 1. The average molecular weight is 474 g/mol. The average Bonchev–Trinajstić information content (AvgIpc) is 2.84. The number of carbonyl (C=O) groups excluding carboxylic acids is 1. The maximum atomic E-state index is 12.8. The number of nitrogens with zero attached hydrogens (tertiary/aromatic N) is 2. The molecule has 32 heavy (non-hydrogen) atoms. The summed E-state index contributed by atoms with van der Waals surface area (Å²) >= 11 is 2.00. The van der Waals surface area contributed by atoms with Gasteiger partial charge in [-0.15, -0.1) is 0 Å². The first-order chi connectivity index (χ1) is 15.4. The molecule has 0 aliphatic carbocycles. The SMILES string of the molecule is Cc1ccc(S(=O)(=O)N2CCC(C(=O)NCc3ccc(N4CCSCC4)cc3)CC2)cc1. The van der Waals surface area contributed by atoms with Crippen LogP contribution in [-0.4, -0.2) is 56.3 Å². The number of hydrogen-bond acceptors (Lipinski definition) is 5. The lowest BCUT2D eigenvalue weighted by Gasteiger charge is -2.30. The molecule has 0 unspecified atom stereocenters. The van der Waals surface area contributed by atoms with E-state index in [0.29, 0.717) is 37.4 Å². The minimum atomic E-state index is -3.50. The second-order valence-electron chi connectivity index (χ2n) is 8.48. The summed E-state index contributed by atoms with van der Waals surface area (Å²) in [4.78, 5) is 15.4. The number of carbonyl (C=O) groups is 1. The topological polar surface area (TPSA) is 69.7 Å². The normalized spacial score (nSPS) is 18.5. The van der Waals surface area contributed by atoms with Gasteiger partial charge in [0.15, 0.2) is 0 Å². The molecule has 0 atom stereocenters. The number of rotatable bonds is 6. The molecule has 2 fully saturated rings. The van der Waals surface area contributed by atoms with Crippen LogP contribution in [0.3, 0.4) is 0 Å². The lowest BCUT2D eigenvalue weighted by molar-refractivity contribution is -0.126. The van der Waals surface area contributed by atoms with Crippen LogP contribution in [0.1, 0.15) is 24.0 Å². The van der Waals surface area contributed by atoms with Crippen molar-refractivity contribution < 1.29 is 13.2 Å². The summed E-state index contributed by atoms with van der Waals surface area (Å²) in [5, 5.41) is 3.04. The molecule has 2 heterocycles. The van der Waals surface area contributed by atoms with Gasteiger partial charge in [-0.2, -0.15) is 16.1 Å². The predicted octanol–water partition coefficient (Wildman–Crippen LogP) is 3.27. The predicted molar refractivity (Wildman–Crippen MR) is 130 cm³/mol. The summed E-state index contributed by atoms with van der Waals surface area (Å²) < 4.78 is 27.2. The second kappa shape index (κ2) is 10.3. The number of nitrogens with one attached hydrogen (secondary N) is 1. The van der Waals surface area contributed by atoms with E-state index < -0.39 is 10.0 Å². The van der Waals surface area contributed by atoms with Crippen molar-refractivity contribution in [1.82, 2.24) is 9.62 Å². The van der Waals surface area contributed by atoms with Crippen LogP contribution in [0.25, 0.3) is 0 Å². The van der Waals surface area contributed by atoms with Crippen LogP contribution >= 0.6 is 11.8 Å². The minimum absolute atomic E-state index is 0.00881. The molecule has 0 spiro atoms. The first-order valence-corrected chi connectivity index (χ1v) is 13.8. The van der Waals surface area contributed by atoms with Gasteiger partial charge in [0.1, 0.15) is 0 Å². The highest BCUT2D eigenvalue weighted by molar-refractivity contribution is 7.99. The Kier molecular flexibility index (Phi) is 7.43. The maximum Gasteiger partial charge on any atom is 0.243 e. The van der Waals surface area contributed by atoms with Crippen molar-refractivity contribution in [3.05, 3.63) is 59.7 Å². The molecule has 8 heteroatoms. The molecular weight excluding hydrogens is 442 g/mol. The molecule has 4 rings (SSSR count). The van der Waals surface area contributed by atoms with Gasteiger partial charge >= 0.3 is 0 Å². The number of hydrogen-bond donors (Lipinski definition) is 1. The highest BCUT2D eigenvalue weighted by Gasteiger charge is 2.32. The van der Waals surface area contributed by atoms with E-state index in [0.717, 1.165) is 24.2 Å². The van der Waals surface area contributed by atoms with Crippen LogP contribution in [0.15, 0.2) is 53.4 Å². The molecule has 2 aliphatic heterocycles. The lowest BCUT2D eigenvalue weighted by atomic mass is 9.97. The molecular formula is C24H31N3O3S2. The molecule has 0 saturated carbocycles. The molecule has 0 bridgehead atoms. The number of sulfonamides is 1. The molecule has 1 amide bonds. The van der Waals surface area contributed by atoms with Crippen LogP contribution < -0.4 is 10.2 Å². The zero-order chi connectivity index (χ0) is 22.6. The number of benzene rings is 2. The van der Waals surface area contributed by atoms with Gasteiger partial charge in [0, 0.05) is 55.8 Å². The first kappa shape index (κ1) is 23.1.